The van der Waals surface area contributed by atoms with Crippen molar-refractivity contribution in [3.8, 4) is 0 Å². The van der Waals surface area contributed by atoms with Gasteiger partial charge in [0.25, 0.3) is 0 Å². The van der Waals surface area contributed by atoms with Gasteiger partial charge in [-0.05, 0) is 42.6 Å². The minimum Gasteiger partial charge on any atom is -0.392 e. The fraction of sp³-hybridized carbons (Fsp3) is 0.850. The summed E-state index contributed by atoms with van der Waals surface area (Å²) in [6.07, 6.45) is -0.747. The average molecular weight is 364 g/mol. The van der Waals surface area contributed by atoms with Crippen molar-refractivity contribution < 1.29 is 30.0 Å². The van der Waals surface area contributed by atoms with E-state index >= 15 is 0 Å². The zero-order valence-electron chi connectivity index (χ0n) is 15.3. The normalized spacial score (nSPS) is 59.9. The zero-order chi connectivity index (χ0) is 18.9. The van der Waals surface area contributed by atoms with Crippen molar-refractivity contribution in [2.75, 3.05) is 6.61 Å². The van der Waals surface area contributed by atoms with Crippen LogP contribution in [0.3, 0.4) is 0 Å². The fourth-order valence-electron chi connectivity index (χ4n) is 7.90. The Morgan fingerprint density at radius 1 is 1.12 bits per heavy atom. The molecule has 6 aliphatic rings. The molecule has 0 aromatic carbocycles. The molecule has 0 radical (unpaired) electrons. The molecule has 0 aromatic heterocycles. The first-order chi connectivity index (χ1) is 12.1. The smallest absolute Gasteiger partial charge is 0.208 e. The van der Waals surface area contributed by atoms with Gasteiger partial charge in [-0.1, -0.05) is 20.4 Å². The number of carbonyl (C=O) groups excluding carboxylic acids is 1. The Morgan fingerprint density at radius 3 is 2.50 bits per heavy atom. The van der Waals surface area contributed by atoms with Crippen LogP contribution in [0.4, 0.5) is 0 Å². The first-order valence-corrected chi connectivity index (χ1v) is 9.71. The van der Waals surface area contributed by atoms with Crippen LogP contribution in [-0.4, -0.2) is 56.9 Å². The van der Waals surface area contributed by atoms with Gasteiger partial charge in [-0.15, -0.1) is 0 Å². The van der Waals surface area contributed by atoms with E-state index in [-0.39, 0.29) is 12.0 Å². The van der Waals surface area contributed by atoms with E-state index in [0.717, 1.165) is 6.42 Å². The first-order valence-electron chi connectivity index (χ1n) is 9.71. The van der Waals surface area contributed by atoms with Crippen molar-refractivity contribution in [2.24, 2.45) is 34.0 Å². The Balaban J connectivity index is 1.81. The quantitative estimate of drug-likeness (QED) is 0.463. The second-order valence-corrected chi connectivity index (χ2v) is 9.97. The summed E-state index contributed by atoms with van der Waals surface area (Å²) in [6.45, 7) is 8.07. The molecule has 4 aliphatic carbocycles. The van der Waals surface area contributed by atoms with Gasteiger partial charge in [0.1, 0.15) is 11.5 Å². The Labute approximate surface area is 152 Å². The highest BCUT2D eigenvalue weighted by Gasteiger charge is 2.86. The largest absolute Gasteiger partial charge is 0.392 e. The van der Waals surface area contributed by atoms with E-state index in [9.17, 15) is 25.2 Å². The lowest BCUT2D eigenvalue weighted by atomic mass is 9.35. The van der Waals surface area contributed by atoms with E-state index in [1.807, 2.05) is 13.8 Å². The van der Waals surface area contributed by atoms with Crippen molar-refractivity contribution >= 4 is 5.78 Å². The van der Waals surface area contributed by atoms with Crippen molar-refractivity contribution in [3.05, 3.63) is 12.2 Å². The fourth-order valence-corrected chi connectivity index (χ4v) is 7.90. The minimum absolute atomic E-state index is 0.0966. The second-order valence-electron chi connectivity index (χ2n) is 9.97. The monoisotopic (exact) mass is 364 g/mol. The maximum Gasteiger partial charge on any atom is 0.208 e. The van der Waals surface area contributed by atoms with Crippen LogP contribution in [0.25, 0.3) is 0 Å². The van der Waals surface area contributed by atoms with Crippen molar-refractivity contribution in [1.29, 1.82) is 0 Å². The van der Waals surface area contributed by atoms with Gasteiger partial charge >= 0.3 is 0 Å². The number of hydrogen-bond donors (Lipinski definition) is 4. The van der Waals surface area contributed by atoms with E-state index in [4.69, 9.17) is 4.74 Å². The molecule has 6 rings (SSSR count). The number of rotatable bonds is 0. The highest BCUT2D eigenvalue weighted by atomic mass is 16.6. The van der Waals surface area contributed by atoms with Gasteiger partial charge in [0.2, 0.25) is 5.79 Å². The molecule has 4 N–H and O–H groups in total. The highest BCUT2D eigenvalue weighted by Crippen LogP contribution is 2.76. The van der Waals surface area contributed by atoms with Gasteiger partial charge in [0, 0.05) is 17.3 Å². The molecule has 0 aromatic rings. The molecule has 2 unspecified atom stereocenters. The molecule has 2 heterocycles. The number of ether oxygens (including phenoxy) is 1. The number of hydrogen-bond acceptors (Lipinski definition) is 6. The molecular weight excluding hydrogens is 336 g/mol. The third-order valence-corrected chi connectivity index (χ3v) is 8.88. The van der Waals surface area contributed by atoms with E-state index in [0.29, 0.717) is 24.8 Å². The van der Waals surface area contributed by atoms with Gasteiger partial charge < -0.3 is 25.2 Å². The van der Waals surface area contributed by atoms with Crippen molar-refractivity contribution in [2.45, 2.75) is 63.6 Å². The molecule has 2 aliphatic heterocycles. The van der Waals surface area contributed by atoms with Crippen LogP contribution in [0, 0.1) is 34.0 Å². The SMILES string of the molecule is C=C1C(=O)C23[C@H](O)C1CC[C@H]2[C@@]12CO[C@@]3(O)[C@@H](O)[C@@H]1C(C)(C)CC[C@@H]2O. The lowest BCUT2D eigenvalue weighted by Gasteiger charge is -2.74. The third-order valence-electron chi connectivity index (χ3n) is 8.88. The number of ketones is 1. The molecule has 6 fully saturated rings. The lowest BCUT2D eigenvalue weighted by Crippen LogP contribution is -2.85. The molecule has 2 spiro atoms. The molecule has 2 saturated heterocycles. The average Bonchev–Trinajstić information content (AvgIpc) is 2.69. The molecule has 9 atom stereocenters. The maximum atomic E-state index is 13.3. The Kier molecular flexibility index (Phi) is 3.07. The zero-order valence-corrected chi connectivity index (χ0v) is 15.3. The predicted molar refractivity (Wildman–Crippen MR) is 90.7 cm³/mol. The molecule has 4 saturated carbocycles. The van der Waals surface area contributed by atoms with E-state index in [2.05, 4.69) is 6.58 Å². The number of fused-ring (bicyclic) bond motifs is 2. The topological polar surface area (TPSA) is 107 Å². The minimum atomic E-state index is -2.15. The predicted octanol–water partition coefficient (Wildman–Crippen LogP) is 0.376. The van der Waals surface area contributed by atoms with E-state index in [1.165, 1.54) is 0 Å². The standard InChI is InChI=1S/C20H28O6/c1-9-10-4-5-11-18-8-26-20(25,19(11,14(9)22)15(10)23)16(24)13(18)17(2,3)7-6-12(18)21/h10-13,15-16,21,23-25H,1,4-8H2,2-3H3/t10?,11-,12-,13+,15+,16-,18+,19?,20-/m0/s1. The van der Waals surface area contributed by atoms with Crippen LogP contribution in [0.1, 0.15) is 39.5 Å². The summed E-state index contributed by atoms with van der Waals surface area (Å²) >= 11 is 0. The number of carbonyl (C=O) groups is 1. The van der Waals surface area contributed by atoms with E-state index < -0.39 is 58.5 Å². The molecule has 26 heavy (non-hydrogen) atoms. The summed E-state index contributed by atoms with van der Waals surface area (Å²) < 4.78 is 5.80. The number of aliphatic hydroxyl groups is 4. The van der Waals surface area contributed by atoms with Crippen LogP contribution in [0.15, 0.2) is 12.2 Å². The van der Waals surface area contributed by atoms with Crippen LogP contribution in [-0.2, 0) is 9.53 Å². The summed E-state index contributed by atoms with van der Waals surface area (Å²) in [6, 6.07) is 0. The Morgan fingerprint density at radius 2 is 1.81 bits per heavy atom. The van der Waals surface area contributed by atoms with Gasteiger partial charge in [-0.2, -0.15) is 0 Å². The van der Waals surface area contributed by atoms with Crippen LogP contribution in [0.5, 0.6) is 0 Å². The van der Waals surface area contributed by atoms with Crippen molar-refractivity contribution in [3.63, 3.8) is 0 Å². The summed E-state index contributed by atoms with van der Waals surface area (Å²) in [5.41, 5.74) is -2.49. The van der Waals surface area contributed by atoms with Crippen molar-refractivity contribution in [1.82, 2.24) is 0 Å². The molecule has 144 valence electrons. The van der Waals surface area contributed by atoms with E-state index in [1.54, 1.807) is 0 Å². The van der Waals surface area contributed by atoms with Crippen LogP contribution < -0.4 is 0 Å². The summed E-state index contributed by atoms with van der Waals surface area (Å²) in [7, 11) is 0. The van der Waals surface area contributed by atoms with Gasteiger partial charge in [0.15, 0.2) is 5.78 Å². The van der Waals surface area contributed by atoms with Crippen LogP contribution in [0.2, 0.25) is 0 Å². The summed E-state index contributed by atoms with van der Waals surface area (Å²) in [5.74, 6) is -3.80. The first kappa shape index (κ1) is 17.3. The molecule has 0 amide bonds. The summed E-state index contributed by atoms with van der Waals surface area (Å²) in [5, 5.41) is 45.1. The third kappa shape index (κ3) is 1.41. The maximum absolute atomic E-state index is 13.3. The number of Topliss-reactive ketones (excluding diaryl/α,β-unsaturated/α-hetero) is 1. The Bertz CT molecular complexity index is 717. The Hall–Kier alpha value is -0.790. The number of aliphatic hydroxyl groups excluding tert-OH is 3. The summed E-state index contributed by atoms with van der Waals surface area (Å²) in [4.78, 5) is 13.3. The molecule has 6 heteroatoms. The molecular formula is C20H28O6. The lowest BCUT2D eigenvalue weighted by molar-refractivity contribution is -0.458. The molecule has 4 bridgehead atoms. The molecule has 6 nitrogen and oxygen atoms in total. The van der Waals surface area contributed by atoms with Crippen LogP contribution >= 0.6 is 0 Å². The van der Waals surface area contributed by atoms with Gasteiger partial charge in [0.05, 0.1) is 18.8 Å². The second kappa shape index (κ2) is 4.61. The van der Waals surface area contributed by atoms with Gasteiger partial charge in [-0.25, -0.2) is 0 Å². The van der Waals surface area contributed by atoms with Gasteiger partial charge in [-0.3, -0.25) is 4.79 Å². The highest BCUT2D eigenvalue weighted by molar-refractivity contribution is 6.05.